The van der Waals surface area contributed by atoms with Gasteiger partial charge in [0.05, 0.1) is 11.7 Å². The third-order valence-electron chi connectivity index (χ3n) is 3.71. The third-order valence-corrected chi connectivity index (χ3v) is 3.71. The molecule has 1 N–H and O–H groups in total. The summed E-state index contributed by atoms with van der Waals surface area (Å²) in [5.41, 5.74) is 1.90. The van der Waals surface area contributed by atoms with Gasteiger partial charge >= 0.3 is 0 Å². The molecule has 0 amide bonds. The van der Waals surface area contributed by atoms with Crippen molar-refractivity contribution < 1.29 is 8.78 Å². The summed E-state index contributed by atoms with van der Waals surface area (Å²) in [6.45, 7) is 2.48. The number of nitrogens with zero attached hydrogens (tertiary/aromatic N) is 1. The average molecular weight is 290 g/mol. The van der Waals surface area contributed by atoms with Crippen LogP contribution in [0.1, 0.15) is 24.1 Å². The van der Waals surface area contributed by atoms with Crippen molar-refractivity contribution in [3.05, 3.63) is 65.2 Å². The standard InChI is InChI=1S/C17H20F2N2/c1-12(14-6-4-5-7-15(14)18)21(3)17-9-8-13(11-20-2)10-16(17)19/h4-10,12,20H,11H2,1-3H3. The van der Waals surface area contributed by atoms with Crippen LogP contribution in [0.5, 0.6) is 0 Å². The van der Waals surface area contributed by atoms with Crippen LogP contribution in [0.4, 0.5) is 14.5 Å². The van der Waals surface area contributed by atoms with E-state index in [2.05, 4.69) is 5.32 Å². The zero-order valence-corrected chi connectivity index (χ0v) is 12.5. The van der Waals surface area contributed by atoms with Crippen LogP contribution in [-0.4, -0.2) is 14.1 Å². The minimum absolute atomic E-state index is 0.254. The Balaban J connectivity index is 2.27. The first-order valence-electron chi connectivity index (χ1n) is 6.95. The normalized spacial score (nSPS) is 12.2. The Morgan fingerprint density at radius 2 is 1.81 bits per heavy atom. The molecule has 0 bridgehead atoms. The second-order valence-electron chi connectivity index (χ2n) is 5.12. The fourth-order valence-corrected chi connectivity index (χ4v) is 2.38. The molecule has 1 atom stereocenters. The monoisotopic (exact) mass is 290 g/mol. The molecule has 0 saturated carbocycles. The van der Waals surface area contributed by atoms with Crippen LogP contribution >= 0.6 is 0 Å². The molecular formula is C17H20F2N2. The molecular weight excluding hydrogens is 270 g/mol. The molecule has 112 valence electrons. The van der Waals surface area contributed by atoms with Gasteiger partial charge in [-0.1, -0.05) is 24.3 Å². The summed E-state index contributed by atoms with van der Waals surface area (Å²) in [7, 11) is 3.59. The summed E-state index contributed by atoms with van der Waals surface area (Å²) in [4.78, 5) is 1.75. The molecule has 2 aromatic rings. The van der Waals surface area contributed by atoms with Crippen molar-refractivity contribution in [3.63, 3.8) is 0 Å². The van der Waals surface area contributed by atoms with Crippen LogP contribution in [0.25, 0.3) is 0 Å². The molecule has 0 aliphatic carbocycles. The highest BCUT2D eigenvalue weighted by molar-refractivity contribution is 5.50. The number of anilines is 1. The van der Waals surface area contributed by atoms with Crippen molar-refractivity contribution in [3.8, 4) is 0 Å². The van der Waals surface area contributed by atoms with Gasteiger partial charge in [0.25, 0.3) is 0 Å². The lowest BCUT2D eigenvalue weighted by molar-refractivity contribution is 0.574. The van der Waals surface area contributed by atoms with Gasteiger partial charge in [0.2, 0.25) is 0 Å². The van der Waals surface area contributed by atoms with Crippen molar-refractivity contribution in [1.29, 1.82) is 0 Å². The minimum Gasteiger partial charge on any atom is -0.365 e. The molecule has 4 heteroatoms. The third kappa shape index (κ3) is 3.39. The maximum atomic E-state index is 14.2. The maximum absolute atomic E-state index is 14.2. The van der Waals surface area contributed by atoms with Crippen LogP contribution in [0.15, 0.2) is 42.5 Å². The SMILES string of the molecule is CNCc1ccc(N(C)C(C)c2ccccc2F)c(F)c1. The van der Waals surface area contributed by atoms with Gasteiger partial charge in [-0.15, -0.1) is 0 Å². The van der Waals surface area contributed by atoms with Crippen molar-refractivity contribution in [2.24, 2.45) is 0 Å². The molecule has 1 unspecified atom stereocenters. The van der Waals surface area contributed by atoms with E-state index in [1.165, 1.54) is 12.1 Å². The minimum atomic E-state index is -0.298. The van der Waals surface area contributed by atoms with E-state index < -0.39 is 0 Å². The molecule has 0 aliphatic rings. The van der Waals surface area contributed by atoms with Crippen LogP contribution in [-0.2, 0) is 6.54 Å². The molecule has 2 aromatic carbocycles. The second-order valence-corrected chi connectivity index (χ2v) is 5.12. The number of nitrogens with one attached hydrogen (secondary N) is 1. The van der Waals surface area contributed by atoms with E-state index in [1.54, 1.807) is 36.2 Å². The van der Waals surface area contributed by atoms with Crippen molar-refractivity contribution >= 4 is 5.69 Å². The predicted octanol–water partition coefficient (Wildman–Crippen LogP) is 3.88. The predicted molar refractivity (Wildman–Crippen MR) is 82.4 cm³/mol. The van der Waals surface area contributed by atoms with E-state index in [4.69, 9.17) is 0 Å². The number of rotatable bonds is 5. The van der Waals surface area contributed by atoms with Gasteiger partial charge in [0, 0.05) is 19.2 Å². The quantitative estimate of drug-likeness (QED) is 0.899. The van der Waals surface area contributed by atoms with Crippen LogP contribution < -0.4 is 10.2 Å². The summed E-state index contributed by atoms with van der Waals surface area (Å²) < 4.78 is 28.1. The molecule has 0 aliphatic heterocycles. The summed E-state index contributed by atoms with van der Waals surface area (Å²) in [6.07, 6.45) is 0. The lowest BCUT2D eigenvalue weighted by Crippen LogP contribution is -2.23. The molecule has 0 heterocycles. The highest BCUT2D eigenvalue weighted by atomic mass is 19.1. The largest absolute Gasteiger partial charge is 0.365 e. The van der Waals surface area contributed by atoms with Gasteiger partial charge < -0.3 is 10.2 Å². The van der Waals surface area contributed by atoms with Gasteiger partial charge in [-0.3, -0.25) is 0 Å². The fourth-order valence-electron chi connectivity index (χ4n) is 2.38. The van der Waals surface area contributed by atoms with Gasteiger partial charge in [0.15, 0.2) is 0 Å². The van der Waals surface area contributed by atoms with Crippen LogP contribution in [0.2, 0.25) is 0 Å². The number of hydrogen-bond acceptors (Lipinski definition) is 2. The first-order valence-corrected chi connectivity index (χ1v) is 6.95. The Kier molecular flexibility index (Phi) is 4.91. The van der Waals surface area contributed by atoms with Crippen LogP contribution in [0.3, 0.4) is 0 Å². The van der Waals surface area contributed by atoms with Gasteiger partial charge in [-0.25, -0.2) is 8.78 Å². The van der Waals surface area contributed by atoms with Crippen molar-refractivity contribution in [2.75, 3.05) is 19.0 Å². The van der Waals surface area contributed by atoms with E-state index >= 15 is 0 Å². The Hall–Kier alpha value is -1.94. The highest BCUT2D eigenvalue weighted by Crippen LogP contribution is 2.29. The lowest BCUT2D eigenvalue weighted by atomic mass is 10.1. The van der Waals surface area contributed by atoms with E-state index in [1.807, 2.05) is 20.0 Å². The Morgan fingerprint density at radius 3 is 2.43 bits per heavy atom. The summed E-state index contributed by atoms with van der Waals surface area (Å²) >= 11 is 0. The maximum Gasteiger partial charge on any atom is 0.146 e. The Labute approximate surface area is 124 Å². The molecule has 0 spiro atoms. The van der Waals surface area contributed by atoms with Crippen molar-refractivity contribution in [1.82, 2.24) is 5.32 Å². The summed E-state index contributed by atoms with van der Waals surface area (Å²) in [5.74, 6) is -0.572. The number of benzene rings is 2. The molecule has 0 radical (unpaired) electrons. The number of hydrogen-bond donors (Lipinski definition) is 1. The van der Waals surface area contributed by atoms with E-state index in [0.717, 1.165) is 5.56 Å². The molecule has 2 rings (SSSR count). The summed E-state index contributed by atoms with van der Waals surface area (Å²) in [6, 6.07) is 11.5. The summed E-state index contributed by atoms with van der Waals surface area (Å²) in [5, 5.41) is 2.99. The highest BCUT2D eigenvalue weighted by Gasteiger charge is 2.18. The average Bonchev–Trinajstić information content (AvgIpc) is 2.47. The lowest BCUT2D eigenvalue weighted by Gasteiger charge is -2.28. The topological polar surface area (TPSA) is 15.3 Å². The Bertz CT molecular complexity index is 613. The molecule has 0 fully saturated rings. The number of halogens is 2. The molecule has 21 heavy (non-hydrogen) atoms. The van der Waals surface area contributed by atoms with E-state index in [9.17, 15) is 8.78 Å². The molecule has 2 nitrogen and oxygen atoms in total. The Morgan fingerprint density at radius 1 is 1.10 bits per heavy atom. The van der Waals surface area contributed by atoms with Gasteiger partial charge in [0.1, 0.15) is 11.6 Å². The smallest absolute Gasteiger partial charge is 0.146 e. The van der Waals surface area contributed by atoms with E-state index in [-0.39, 0.29) is 17.7 Å². The molecule has 0 saturated heterocycles. The zero-order chi connectivity index (χ0) is 15.4. The fraction of sp³-hybridized carbons (Fsp3) is 0.294. The first-order chi connectivity index (χ1) is 10.0. The molecule has 0 aromatic heterocycles. The van der Waals surface area contributed by atoms with Crippen molar-refractivity contribution in [2.45, 2.75) is 19.5 Å². The van der Waals surface area contributed by atoms with E-state index in [0.29, 0.717) is 17.8 Å². The van der Waals surface area contributed by atoms with Gasteiger partial charge in [-0.2, -0.15) is 0 Å². The first kappa shape index (κ1) is 15.4. The second kappa shape index (κ2) is 6.68. The zero-order valence-electron chi connectivity index (χ0n) is 12.5. The van der Waals surface area contributed by atoms with Crippen LogP contribution in [0, 0.1) is 11.6 Å². The van der Waals surface area contributed by atoms with Gasteiger partial charge in [-0.05, 0) is 37.7 Å².